The van der Waals surface area contributed by atoms with Crippen LogP contribution in [0.2, 0.25) is 0 Å². The molecule has 0 unspecified atom stereocenters. The van der Waals surface area contributed by atoms with Crippen molar-refractivity contribution in [2.24, 2.45) is 7.05 Å². The molecule has 0 aliphatic rings. The second kappa shape index (κ2) is 6.72. The summed E-state index contributed by atoms with van der Waals surface area (Å²) in [5.74, 6) is -56.8. The Morgan fingerprint density at radius 3 is 1.16 bits per heavy atom. The Kier molecular flexibility index (Phi) is 5.85. The Bertz CT molecular complexity index is 804. The highest BCUT2D eigenvalue weighted by Gasteiger charge is 2.95. The SMILES string of the molecule is Cn1cc(C(F)(F)C(F)(F)C(F)(F)C(F)(F)C(F)(F)C(F)(F)C(F)(F)C(F)(F)F)nn1. The van der Waals surface area contributed by atoms with Crippen molar-refractivity contribution in [3.8, 4) is 0 Å². The quantitative estimate of drug-likeness (QED) is 0.477. The summed E-state index contributed by atoms with van der Waals surface area (Å²) >= 11 is 0. The normalized spacial score (nSPS) is 16.1. The number of rotatable bonds is 7. The molecule has 0 bridgehead atoms. The first-order valence-corrected chi connectivity index (χ1v) is 6.83. The van der Waals surface area contributed by atoms with Gasteiger partial charge in [-0.25, -0.2) is 0 Å². The maximum absolute atomic E-state index is 13.6. The summed E-state index contributed by atoms with van der Waals surface area (Å²) in [6.07, 6.45) is -8.11. The number of alkyl halides is 17. The minimum atomic E-state index is -8.65. The van der Waals surface area contributed by atoms with Crippen LogP contribution in [0.5, 0.6) is 0 Å². The largest absolute Gasteiger partial charge is 0.460 e. The van der Waals surface area contributed by atoms with Gasteiger partial charge >= 0.3 is 47.6 Å². The van der Waals surface area contributed by atoms with Crippen LogP contribution in [0, 0.1) is 0 Å². The Labute approximate surface area is 157 Å². The van der Waals surface area contributed by atoms with Crippen LogP contribution >= 0.6 is 0 Å². The zero-order chi connectivity index (χ0) is 25.3. The van der Waals surface area contributed by atoms with Gasteiger partial charge in [0.25, 0.3) is 0 Å². The Morgan fingerprint density at radius 1 is 0.548 bits per heavy atom. The molecule has 1 aromatic rings. The van der Waals surface area contributed by atoms with Crippen molar-refractivity contribution in [2.75, 3.05) is 0 Å². The number of halogens is 17. The van der Waals surface area contributed by atoms with Gasteiger partial charge in [0, 0.05) is 7.05 Å². The van der Waals surface area contributed by atoms with Crippen LogP contribution < -0.4 is 0 Å². The van der Waals surface area contributed by atoms with Crippen molar-refractivity contribution in [3.63, 3.8) is 0 Å². The average molecular weight is 501 g/mol. The van der Waals surface area contributed by atoms with Crippen molar-refractivity contribution in [3.05, 3.63) is 11.9 Å². The predicted octanol–water partition coefficient (Wildman–Crippen LogP) is 5.28. The van der Waals surface area contributed by atoms with Gasteiger partial charge in [0.2, 0.25) is 0 Å². The predicted molar refractivity (Wildman–Crippen MR) is 60.6 cm³/mol. The molecule has 31 heavy (non-hydrogen) atoms. The monoisotopic (exact) mass is 501 g/mol. The minimum Gasteiger partial charge on any atom is -0.255 e. The minimum absolute atomic E-state index is 0.0856. The second-order valence-corrected chi connectivity index (χ2v) is 5.80. The van der Waals surface area contributed by atoms with E-state index in [0.717, 1.165) is 0 Å². The van der Waals surface area contributed by atoms with Crippen LogP contribution in [0.15, 0.2) is 6.20 Å². The molecule has 0 amide bonds. The molecule has 182 valence electrons. The zero-order valence-electron chi connectivity index (χ0n) is 13.8. The molecule has 0 fully saturated rings. The molecule has 0 aliphatic heterocycles. The number of aryl methyl sites for hydroxylation is 1. The second-order valence-electron chi connectivity index (χ2n) is 5.80. The third kappa shape index (κ3) is 3.26. The molecular weight excluding hydrogens is 497 g/mol. The number of aromatic nitrogens is 3. The van der Waals surface area contributed by atoms with E-state index < -0.39 is 53.3 Å². The Morgan fingerprint density at radius 2 is 0.871 bits per heavy atom. The van der Waals surface area contributed by atoms with Gasteiger partial charge in [-0.15, -0.1) is 5.10 Å². The average Bonchev–Trinajstić information content (AvgIpc) is 2.99. The lowest BCUT2D eigenvalue weighted by molar-refractivity contribution is -0.462. The van der Waals surface area contributed by atoms with Crippen molar-refractivity contribution >= 4 is 0 Å². The van der Waals surface area contributed by atoms with Gasteiger partial charge < -0.3 is 0 Å². The first-order valence-electron chi connectivity index (χ1n) is 6.83. The third-order valence-electron chi connectivity index (χ3n) is 3.65. The highest BCUT2D eigenvalue weighted by Crippen LogP contribution is 2.64. The maximum atomic E-state index is 13.6. The summed E-state index contributed by atoms with van der Waals surface area (Å²) in [7, 11) is 0.630. The number of nitrogens with zero attached hydrogens (tertiary/aromatic N) is 3. The van der Waals surface area contributed by atoms with Gasteiger partial charge in [-0.1, -0.05) is 5.21 Å². The zero-order valence-corrected chi connectivity index (χ0v) is 13.8. The fraction of sp³-hybridized carbons (Fsp3) is 0.818. The molecule has 0 radical (unpaired) electrons. The Hall–Kier alpha value is -2.05. The maximum Gasteiger partial charge on any atom is 0.460 e. The van der Waals surface area contributed by atoms with E-state index >= 15 is 0 Å². The van der Waals surface area contributed by atoms with Gasteiger partial charge in [0.1, 0.15) is 0 Å². The molecule has 0 N–H and O–H groups in total. The summed E-state index contributed by atoms with van der Waals surface area (Å²) in [5.41, 5.74) is -2.59. The molecule has 1 heterocycles. The molecule has 0 spiro atoms. The van der Waals surface area contributed by atoms with Gasteiger partial charge in [-0.05, 0) is 0 Å². The van der Waals surface area contributed by atoms with E-state index in [1.807, 2.05) is 0 Å². The lowest BCUT2D eigenvalue weighted by Crippen LogP contribution is -2.74. The standard InChI is InChI=1S/C11H4F17N3/c1-31-2-3(29-30-31)4(12,13)5(14,15)6(16,17)7(18,19)8(20,21)9(22,23)10(24,25)11(26,27)28/h2H,1H3. The van der Waals surface area contributed by atoms with Gasteiger partial charge in [-0.2, -0.15) is 74.6 Å². The van der Waals surface area contributed by atoms with Crippen LogP contribution in [-0.2, 0) is 13.0 Å². The molecule has 0 aliphatic carbocycles. The number of hydrogen-bond donors (Lipinski definition) is 0. The molecule has 1 rings (SSSR count). The summed E-state index contributed by atoms with van der Waals surface area (Å²) < 4.78 is 222. The van der Waals surface area contributed by atoms with Crippen molar-refractivity contribution in [2.45, 2.75) is 47.6 Å². The highest BCUT2D eigenvalue weighted by atomic mass is 19.4. The molecule has 0 aromatic carbocycles. The molecule has 3 nitrogen and oxygen atoms in total. The van der Waals surface area contributed by atoms with E-state index in [9.17, 15) is 74.6 Å². The fourth-order valence-corrected chi connectivity index (χ4v) is 1.82. The molecular formula is C11H4F17N3. The molecule has 20 heteroatoms. The first kappa shape index (κ1) is 27.0. The summed E-state index contributed by atoms with van der Waals surface area (Å²) in [6, 6.07) is 0. The van der Waals surface area contributed by atoms with Gasteiger partial charge in [0.05, 0.1) is 6.20 Å². The first-order chi connectivity index (χ1) is 13.2. The molecule has 0 atom stereocenters. The molecule has 1 aromatic heterocycles. The smallest absolute Gasteiger partial charge is 0.255 e. The topological polar surface area (TPSA) is 30.7 Å². The van der Waals surface area contributed by atoms with Crippen LogP contribution in [0.25, 0.3) is 0 Å². The third-order valence-corrected chi connectivity index (χ3v) is 3.65. The highest BCUT2D eigenvalue weighted by molar-refractivity contribution is 5.19. The van der Waals surface area contributed by atoms with Crippen molar-refractivity contribution < 1.29 is 74.6 Å². The molecule has 0 saturated carbocycles. The van der Waals surface area contributed by atoms with E-state index in [2.05, 4.69) is 10.3 Å². The lowest BCUT2D eigenvalue weighted by atomic mass is 9.88. The van der Waals surface area contributed by atoms with Crippen LogP contribution in [0.4, 0.5) is 74.6 Å². The summed E-state index contributed by atoms with van der Waals surface area (Å²) in [5, 5.41) is 4.65. The van der Waals surface area contributed by atoms with Crippen molar-refractivity contribution in [1.29, 1.82) is 0 Å². The summed E-state index contributed by atoms with van der Waals surface area (Å²) in [6.45, 7) is 0. The van der Waals surface area contributed by atoms with E-state index in [0.29, 0.717) is 7.05 Å². The van der Waals surface area contributed by atoms with Crippen molar-refractivity contribution in [1.82, 2.24) is 15.0 Å². The van der Waals surface area contributed by atoms with E-state index in [4.69, 9.17) is 0 Å². The van der Waals surface area contributed by atoms with Gasteiger partial charge in [0.15, 0.2) is 5.69 Å². The fourth-order valence-electron chi connectivity index (χ4n) is 1.82. The van der Waals surface area contributed by atoms with Crippen LogP contribution in [0.3, 0.4) is 0 Å². The summed E-state index contributed by atoms with van der Waals surface area (Å²) in [4.78, 5) is 0. The Balaban J connectivity index is 3.69. The number of hydrogen-bond acceptors (Lipinski definition) is 2. The van der Waals surface area contributed by atoms with E-state index in [1.54, 1.807) is 0 Å². The molecule has 0 saturated heterocycles. The van der Waals surface area contributed by atoms with Crippen LogP contribution in [-0.4, -0.2) is 56.7 Å². The van der Waals surface area contributed by atoms with E-state index in [-0.39, 0.29) is 10.9 Å². The lowest BCUT2D eigenvalue weighted by Gasteiger charge is -2.42. The van der Waals surface area contributed by atoms with Gasteiger partial charge in [-0.3, -0.25) is 4.68 Å². The van der Waals surface area contributed by atoms with E-state index in [1.165, 1.54) is 0 Å². The van der Waals surface area contributed by atoms with Crippen LogP contribution in [0.1, 0.15) is 5.69 Å².